The van der Waals surface area contributed by atoms with Crippen LogP contribution in [0.4, 0.5) is 13.2 Å². The lowest BCUT2D eigenvalue weighted by Crippen LogP contribution is -2.14. The number of nitrogens with zero attached hydrogens (tertiary/aromatic N) is 1. The molecular formula is C11H6ClF3N2O. The van der Waals surface area contributed by atoms with Gasteiger partial charge in [0.05, 0.1) is 11.1 Å². The van der Waals surface area contributed by atoms with Crippen molar-refractivity contribution < 1.29 is 18.0 Å². The van der Waals surface area contributed by atoms with Crippen molar-refractivity contribution in [2.45, 2.75) is 6.18 Å². The van der Waals surface area contributed by atoms with Gasteiger partial charge in [-0.15, -0.1) is 0 Å². The van der Waals surface area contributed by atoms with Gasteiger partial charge in [0.1, 0.15) is 5.69 Å². The fraction of sp³-hybridized carbons (Fsp3) is 0.0909. The Kier molecular flexibility index (Phi) is 2.90. The maximum Gasteiger partial charge on any atom is 0.418 e. The topological polar surface area (TPSA) is 56.0 Å². The molecule has 0 saturated carbocycles. The van der Waals surface area contributed by atoms with Gasteiger partial charge < -0.3 is 5.73 Å². The van der Waals surface area contributed by atoms with Gasteiger partial charge in [-0.2, -0.15) is 13.2 Å². The van der Waals surface area contributed by atoms with Crippen molar-refractivity contribution in [3.8, 4) is 0 Å². The molecule has 0 fully saturated rings. The molecule has 2 rings (SSSR count). The Labute approximate surface area is 104 Å². The number of carbonyl (C=O) groups excluding carboxylic acids is 1. The average Bonchev–Trinajstić information content (AvgIpc) is 2.25. The smallest absolute Gasteiger partial charge is 0.364 e. The van der Waals surface area contributed by atoms with E-state index in [4.69, 9.17) is 17.3 Å². The van der Waals surface area contributed by atoms with E-state index >= 15 is 0 Å². The number of carbonyl (C=O) groups is 1. The highest BCUT2D eigenvalue weighted by Crippen LogP contribution is 2.36. The Morgan fingerprint density at radius 2 is 1.94 bits per heavy atom. The van der Waals surface area contributed by atoms with E-state index in [-0.39, 0.29) is 21.6 Å². The summed E-state index contributed by atoms with van der Waals surface area (Å²) in [7, 11) is 0. The quantitative estimate of drug-likeness (QED) is 0.869. The zero-order valence-electron chi connectivity index (χ0n) is 8.75. The van der Waals surface area contributed by atoms with Crippen LogP contribution in [0, 0.1) is 0 Å². The zero-order chi connectivity index (χ0) is 13.5. The van der Waals surface area contributed by atoms with Crippen LogP contribution in [0.1, 0.15) is 16.1 Å². The van der Waals surface area contributed by atoms with E-state index in [1.54, 1.807) is 0 Å². The van der Waals surface area contributed by atoms with Crippen LogP contribution in [-0.4, -0.2) is 10.9 Å². The summed E-state index contributed by atoms with van der Waals surface area (Å²) >= 11 is 5.61. The summed E-state index contributed by atoms with van der Waals surface area (Å²) in [6.45, 7) is 0. The van der Waals surface area contributed by atoms with Gasteiger partial charge >= 0.3 is 6.18 Å². The maximum atomic E-state index is 12.8. The number of halogens is 4. The van der Waals surface area contributed by atoms with Crippen molar-refractivity contribution >= 4 is 28.4 Å². The first-order valence-corrected chi connectivity index (χ1v) is 5.14. The second-order valence-corrected chi connectivity index (χ2v) is 4.02. The fourth-order valence-electron chi connectivity index (χ4n) is 1.55. The number of hydrogen-bond acceptors (Lipinski definition) is 2. The van der Waals surface area contributed by atoms with E-state index in [0.717, 1.165) is 6.07 Å². The van der Waals surface area contributed by atoms with E-state index in [1.807, 2.05) is 0 Å². The molecule has 0 aliphatic rings. The van der Waals surface area contributed by atoms with Crippen LogP contribution >= 0.6 is 11.6 Å². The van der Waals surface area contributed by atoms with Crippen LogP contribution in [0.5, 0.6) is 0 Å². The summed E-state index contributed by atoms with van der Waals surface area (Å²) in [5.74, 6) is -0.889. The van der Waals surface area contributed by atoms with Gasteiger partial charge in [-0.3, -0.25) is 4.79 Å². The molecule has 1 amide bonds. The minimum atomic E-state index is -4.60. The standard InChI is InChI=1S/C11H6ClF3N2O/c12-6-3-5-1-2-8(10(16)18)17-9(5)7(4-6)11(13,14)15/h1-4H,(H2,16,18). The molecule has 1 aromatic carbocycles. The van der Waals surface area contributed by atoms with Gasteiger partial charge in [0, 0.05) is 10.4 Å². The number of amides is 1. The molecule has 7 heteroatoms. The summed E-state index contributed by atoms with van der Waals surface area (Å²) in [4.78, 5) is 14.6. The lowest BCUT2D eigenvalue weighted by Gasteiger charge is -2.10. The van der Waals surface area contributed by atoms with Crippen LogP contribution in [0.3, 0.4) is 0 Å². The normalized spacial score (nSPS) is 11.8. The number of hydrogen-bond donors (Lipinski definition) is 1. The molecule has 0 spiro atoms. The number of pyridine rings is 1. The Morgan fingerprint density at radius 3 is 2.50 bits per heavy atom. The van der Waals surface area contributed by atoms with Crippen molar-refractivity contribution in [1.82, 2.24) is 4.98 Å². The molecule has 0 atom stereocenters. The molecule has 0 unspecified atom stereocenters. The van der Waals surface area contributed by atoms with E-state index in [9.17, 15) is 18.0 Å². The number of rotatable bonds is 1. The Morgan fingerprint density at radius 1 is 1.28 bits per heavy atom. The second kappa shape index (κ2) is 4.13. The Bertz CT molecular complexity index is 640. The fourth-order valence-corrected chi connectivity index (χ4v) is 1.78. The third kappa shape index (κ3) is 2.24. The van der Waals surface area contributed by atoms with Gasteiger partial charge in [-0.25, -0.2) is 4.98 Å². The lowest BCUT2D eigenvalue weighted by molar-refractivity contribution is -0.136. The molecule has 0 radical (unpaired) electrons. The van der Waals surface area contributed by atoms with E-state index in [0.29, 0.717) is 0 Å². The van der Waals surface area contributed by atoms with Gasteiger partial charge in [0.15, 0.2) is 0 Å². The highest BCUT2D eigenvalue weighted by molar-refractivity contribution is 6.31. The molecule has 18 heavy (non-hydrogen) atoms. The number of nitrogens with two attached hydrogens (primary N) is 1. The monoisotopic (exact) mass is 274 g/mol. The molecule has 94 valence electrons. The van der Waals surface area contributed by atoms with Crippen LogP contribution in [0.2, 0.25) is 5.02 Å². The summed E-state index contributed by atoms with van der Waals surface area (Å²) in [5, 5.41) is 0.142. The summed E-state index contributed by atoms with van der Waals surface area (Å²) in [6, 6.07) is 4.68. The van der Waals surface area contributed by atoms with E-state index < -0.39 is 17.6 Å². The van der Waals surface area contributed by atoms with Crippen molar-refractivity contribution in [2.75, 3.05) is 0 Å². The molecule has 0 bridgehead atoms. The van der Waals surface area contributed by atoms with Crippen molar-refractivity contribution in [3.05, 3.63) is 40.5 Å². The van der Waals surface area contributed by atoms with Gasteiger partial charge in [0.2, 0.25) is 0 Å². The highest BCUT2D eigenvalue weighted by atomic mass is 35.5. The lowest BCUT2D eigenvalue weighted by atomic mass is 10.1. The van der Waals surface area contributed by atoms with Crippen molar-refractivity contribution in [1.29, 1.82) is 0 Å². The SMILES string of the molecule is NC(=O)c1ccc2cc(Cl)cc(C(F)(F)F)c2n1. The van der Waals surface area contributed by atoms with Gasteiger partial charge in [0.25, 0.3) is 5.91 Å². The van der Waals surface area contributed by atoms with Crippen LogP contribution in [0.25, 0.3) is 10.9 Å². The number of fused-ring (bicyclic) bond motifs is 1. The molecule has 1 heterocycles. The van der Waals surface area contributed by atoms with Crippen LogP contribution in [0.15, 0.2) is 24.3 Å². The van der Waals surface area contributed by atoms with Crippen LogP contribution < -0.4 is 5.73 Å². The van der Waals surface area contributed by atoms with E-state index in [1.165, 1.54) is 18.2 Å². The van der Waals surface area contributed by atoms with Crippen LogP contribution in [-0.2, 0) is 6.18 Å². The number of alkyl halides is 3. The third-order valence-electron chi connectivity index (χ3n) is 2.32. The average molecular weight is 275 g/mol. The number of primary amides is 1. The maximum absolute atomic E-state index is 12.8. The Hall–Kier alpha value is -1.82. The van der Waals surface area contributed by atoms with Gasteiger partial charge in [-0.05, 0) is 18.2 Å². The molecule has 3 nitrogen and oxygen atoms in total. The predicted octanol–water partition coefficient (Wildman–Crippen LogP) is 3.01. The number of benzene rings is 1. The van der Waals surface area contributed by atoms with Crippen molar-refractivity contribution in [2.24, 2.45) is 5.73 Å². The molecule has 0 saturated heterocycles. The van der Waals surface area contributed by atoms with Gasteiger partial charge in [-0.1, -0.05) is 17.7 Å². The first-order valence-electron chi connectivity index (χ1n) is 4.76. The van der Waals surface area contributed by atoms with Crippen molar-refractivity contribution in [3.63, 3.8) is 0 Å². The first kappa shape index (κ1) is 12.6. The molecule has 0 aliphatic carbocycles. The minimum Gasteiger partial charge on any atom is -0.364 e. The largest absolute Gasteiger partial charge is 0.418 e. The second-order valence-electron chi connectivity index (χ2n) is 3.58. The third-order valence-corrected chi connectivity index (χ3v) is 2.53. The Balaban J connectivity index is 2.82. The summed E-state index contributed by atoms with van der Waals surface area (Å²) in [6.07, 6.45) is -4.60. The zero-order valence-corrected chi connectivity index (χ0v) is 9.51. The predicted molar refractivity (Wildman–Crippen MR) is 60.3 cm³/mol. The summed E-state index contributed by atoms with van der Waals surface area (Å²) in [5.41, 5.74) is 3.42. The summed E-state index contributed by atoms with van der Waals surface area (Å²) < 4.78 is 38.4. The van der Waals surface area contributed by atoms with E-state index in [2.05, 4.69) is 4.98 Å². The molecule has 2 aromatic rings. The minimum absolute atomic E-state index is 0.0524. The molecular weight excluding hydrogens is 269 g/mol. The molecule has 2 N–H and O–H groups in total. The molecule has 0 aliphatic heterocycles. The highest BCUT2D eigenvalue weighted by Gasteiger charge is 2.34. The first-order chi connectivity index (χ1) is 8.29. The molecule has 1 aromatic heterocycles. The number of aromatic nitrogens is 1.